The van der Waals surface area contributed by atoms with Gasteiger partial charge in [0.05, 0.1) is 6.20 Å². The fourth-order valence-electron chi connectivity index (χ4n) is 2.38. The second-order valence-corrected chi connectivity index (χ2v) is 6.94. The fourth-order valence-corrected chi connectivity index (χ4v) is 3.80. The maximum absolute atomic E-state index is 12.0. The van der Waals surface area contributed by atoms with Crippen LogP contribution in [0.25, 0.3) is 0 Å². The van der Waals surface area contributed by atoms with Gasteiger partial charge in [0.15, 0.2) is 5.03 Å². The van der Waals surface area contributed by atoms with Crippen molar-refractivity contribution in [3.63, 3.8) is 0 Å². The smallest absolute Gasteiger partial charge is 0.257 e. The van der Waals surface area contributed by atoms with Crippen LogP contribution in [0.1, 0.15) is 32.1 Å². The second kappa shape index (κ2) is 5.59. The van der Waals surface area contributed by atoms with Crippen LogP contribution < -0.4 is 4.72 Å². The number of halogens is 1. The van der Waals surface area contributed by atoms with Gasteiger partial charge in [-0.1, -0.05) is 19.3 Å². The van der Waals surface area contributed by atoms with Crippen molar-refractivity contribution >= 4 is 21.6 Å². The van der Waals surface area contributed by atoms with Crippen molar-refractivity contribution in [2.45, 2.75) is 37.1 Å². The summed E-state index contributed by atoms with van der Waals surface area (Å²) in [5, 5.41) is 6.21. The molecule has 0 bridgehead atoms. The first-order valence-corrected chi connectivity index (χ1v) is 8.15. The molecule has 102 valence electrons. The Morgan fingerprint density at radius 3 is 2.67 bits per heavy atom. The largest absolute Gasteiger partial charge is 0.266 e. The lowest BCUT2D eigenvalue weighted by Gasteiger charge is -2.35. The number of H-pyrrole nitrogens is 1. The molecule has 0 unspecified atom stereocenters. The van der Waals surface area contributed by atoms with Crippen molar-refractivity contribution in [2.75, 3.05) is 12.4 Å². The van der Waals surface area contributed by atoms with E-state index in [-0.39, 0.29) is 10.4 Å². The van der Waals surface area contributed by atoms with E-state index in [1.165, 1.54) is 18.7 Å². The zero-order valence-electron chi connectivity index (χ0n) is 10.2. The minimum atomic E-state index is -3.49. The van der Waals surface area contributed by atoms with Gasteiger partial charge in [0, 0.05) is 12.4 Å². The molecule has 2 rings (SSSR count). The first kappa shape index (κ1) is 13.8. The molecule has 0 radical (unpaired) electrons. The molecule has 1 saturated carbocycles. The SMILES string of the molecule is O=S(=O)(NCC1(CCl)CCCCC1)c1ccn[nH]1. The van der Waals surface area contributed by atoms with E-state index >= 15 is 0 Å². The van der Waals surface area contributed by atoms with Crippen molar-refractivity contribution in [2.24, 2.45) is 5.41 Å². The summed E-state index contributed by atoms with van der Waals surface area (Å²) in [4.78, 5) is 0. The van der Waals surface area contributed by atoms with Crippen LogP contribution in [-0.4, -0.2) is 31.0 Å². The molecule has 1 fully saturated rings. The van der Waals surface area contributed by atoms with Crippen molar-refractivity contribution in [3.8, 4) is 0 Å². The molecule has 0 amide bonds. The zero-order valence-corrected chi connectivity index (χ0v) is 11.7. The molecule has 0 atom stereocenters. The number of rotatable bonds is 5. The quantitative estimate of drug-likeness (QED) is 0.813. The highest BCUT2D eigenvalue weighted by molar-refractivity contribution is 7.89. The van der Waals surface area contributed by atoms with Gasteiger partial charge in [-0.3, -0.25) is 5.10 Å². The van der Waals surface area contributed by atoms with Crippen LogP contribution >= 0.6 is 11.6 Å². The molecule has 1 aliphatic rings. The summed E-state index contributed by atoms with van der Waals surface area (Å²) in [6.07, 6.45) is 6.86. The van der Waals surface area contributed by atoms with Gasteiger partial charge in [0.25, 0.3) is 10.0 Å². The molecule has 0 spiro atoms. The van der Waals surface area contributed by atoms with E-state index in [1.807, 2.05) is 0 Å². The predicted octanol–water partition coefficient (Wildman–Crippen LogP) is 1.88. The van der Waals surface area contributed by atoms with E-state index in [0.717, 1.165) is 25.7 Å². The predicted molar refractivity (Wildman–Crippen MR) is 70.0 cm³/mol. The molecule has 0 aromatic carbocycles. The number of nitrogens with zero attached hydrogens (tertiary/aromatic N) is 1. The van der Waals surface area contributed by atoms with Gasteiger partial charge in [-0.05, 0) is 24.3 Å². The lowest BCUT2D eigenvalue weighted by molar-refractivity contribution is 0.223. The number of hydrogen-bond acceptors (Lipinski definition) is 3. The maximum Gasteiger partial charge on any atom is 0.257 e. The van der Waals surface area contributed by atoms with Crippen LogP contribution in [0.4, 0.5) is 0 Å². The third kappa shape index (κ3) is 3.05. The van der Waals surface area contributed by atoms with Crippen molar-refractivity contribution in [1.29, 1.82) is 0 Å². The monoisotopic (exact) mass is 291 g/mol. The Hall–Kier alpha value is -0.590. The Labute approximate surface area is 112 Å². The molecule has 5 nitrogen and oxygen atoms in total. The lowest BCUT2D eigenvalue weighted by Crippen LogP contribution is -2.40. The van der Waals surface area contributed by atoms with Gasteiger partial charge in [0.2, 0.25) is 0 Å². The van der Waals surface area contributed by atoms with Gasteiger partial charge in [0.1, 0.15) is 0 Å². The molecule has 1 aromatic rings. The van der Waals surface area contributed by atoms with E-state index in [1.54, 1.807) is 0 Å². The second-order valence-electron chi connectivity index (χ2n) is 4.94. The number of sulfonamides is 1. The van der Waals surface area contributed by atoms with Crippen LogP contribution in [-0.2, 0) is 10.0 Å². The first-order chi connectivity index (χ1) is 8.58. The van der Waals surface area contributed by atoms with Crippen molar-refractivity contribution in [3.05, 3.63) is 12.3 Å². The maximum atomic E-state index is 12.0. The third-order valence-corrected chi connectivity index (χ3v) is 5.50. The number of alkyl halides is 1. The molecule has 18 heavy (non-hydrogen) atoms. The molecule has 0 aliphatic heterocycles. The summed E-state index contributed by atoms with van der Waals surface area (Å²) in [6.45, 7) is 0.401. The number of hydrogen-bond donors (Lipinski definition) is 2. The molecular formula is C11H18ClN3O2S. The van der Waals surface area contributed by atoms with Gasteiger partial charge >= 0.3 is 0 Å². The standard InChI is InChI=1S/C11H18ClN3O2S/c12-8-11(5-2-1-3-6-11)9-14-18(16,17)10-4-7-13-15-10/h4,7,14H,1-3,5-6,8-9H2,(H,13,15). The summed E-state index contributed by atoms with van der Waals surface area (Å²) in [5.74, 6) is 0.499. The van der Waals surface area contributed by atoms with E-state index in [9.17, 15) is 8.42 Å². The lowest BCUT2D eigenvalue weighted by atomic mass is 9.76. The third-order valence-electron chi connectivity index (χ3n) is 3.60. The van der Waals surface area contributed by atoms with Crippen LogP contribution in [0.15, 0.2) is 17.3 Å². The molecule has 1 heterocycles. The normalized spacial score (nSPS) is 19.8. The highest BCUT2D eigenvalue weighted by Gasteiger charge is 2.32. The average molecular weight is 292 g/mol. The highest BCUT2D eigenvalue weighted by atomic mass is 35.5. The summed E-state index contributed by atoms with van der Waals surface area (Å²) >= 11 is 6.04. The zero-order chi connectivity index (χ0) is 13.1. The van der Waals surface area contributed by atoms with E-state index < -0.39 is 10.0 Å². The van der Waals surface area contributed by atoms with Gasteiger partial charge in [-0.25, -0.2) is 13.1 Å². The first-order valence-electron chi connectivity index (χ1n) is 6.13. The van der Waals surface area contributed by atoms with Crippen LogP contribution in [0, 0.1) is 5.41 Å². The minimum Gasteiger partial charge on any atom is -0.266 e. The van der Waals surface area contributed by atoms with E-state index in [2.05, 4.69) is 14.9 Å². The Bertz CT molecular complexity index is 466. The van der Waals surface area contributed by atoms with Gasteiger partial charge in [-0.2, -0.15) is 5.10 Å². The van der Waals surface area contributed by atoms with Gasteiger partial charge < -0.3 is 0 Å². The van der Waals surface area contributed by atoms with Crippen molar-refractivity contribution in [1.82, 2.24) is 14.9 Å². The fraction of sp³-hybridized carbons (Fsp3) is 0.727. The van der Waals surface area contributed by atoms with Crippen LogP contribution in [0.5, 0.6) is 0 Å². The van der Waals surface area contributed by atoms with Gasteiger partial charge in [-0.15, -0.1) is 11.6 Å². The van der Waals surface area contributed by atoms with E-state index in [0.29, 0.717) is 12.4 Å². The number of aromatic nitrogens is 2. The summed E-state index contributed by atoms with van der Waals surface area (Å²) in [6, 6.07) is 1.44. The number of nitrogens with one attached hydrogen (secondary N) is 2. The van der Waals surface area contributed by atoms with Crippen molar-refractivity contribution < 1.29 is 8.42 Å². The Morgan fingerprint density at radius 2 is 2.11 bits per heavy atom. The van der Waals surface area contributed by atoms with Crippen LogP contribution in [0.3, 0.4) is 0 Å². The summed E-state index contributed by atoms with van der Waals surface area (Å²) in [5.41, 5.74) is -0.0904. The molecular weight excluding hydrogens is 274 g/mol. The molecule has 1 aliphatic carbocycles. The Morgan fingerprint density at radius 1 is 1.39 bits per heavy atom. The Kier molecular flexibility index (Phi) is 4.29. The molecule has 1 aromatic heterocycles. The molecule has 2 N–H and O–H groups in total. The Balaban J connectivity index is 2.02. The molecule has 0 saturated heterocycles. The summed E-state index contributed by atoms with van der Waals surface area (Å²) in [7, 11) is -3.49. The summed E-state index contributed by atoms with van der Waals surface area (Å²) < 4.78 is 26.6. The number of aromatic amines is 1. The average Bonchev–Trinajstić information content (AvgIpc) is 2.92. The minimum absolute atomic E-state index is 0.0904. The highest BCUT2D eigenvalue weighted by Crippen LogP contribution is 2.36. The topological polar surface area (TPSA) is 74.8 Å². The van der Waals surface area contributed by atoms with E-state index in [4.69, 9.17) is 11.6 Å². The van der Waals surface area contributed by atoms with Crippen LogP contribution in [0.2, 0.25) is 0 Å². The molecule has 7 heteroatoms.